The first-order valence-corrected chi connectivity index (χ1v) is 15.8. The number of alkyl carbamates (subject to hydrolysis) is 1. The number of hydrogen-bond acceptors (Lipinski definition) is 10. The third kappa shape index (κ3) is 13.9. The van der Waals surface area contributed by atoms with Gasteiger partial charge in [-0.1, -0.05) is 53.6 Å². The van der Waals surface area contributed by atoms with E-state index in [-0.39, 0.29) is 54.2 Å². The van der Waals surface area contributed by atoms with Crippen LogP contribution in [0.25, 0.3) is 0 Å². The Hall–Kier alpha value is -2.87. The highest BCUT2D eigenvalue weighted by Gasteiger charge is 2.31. The summed E-state index contributed by atoms with van der Waals surface area (Å²) in [5.41, 5.74) is 0. The van der Waals surface area contributed by atoms with Crippen LogP contribution in [0, 0.1) is 30.6 Å². The highest BCUT2D eigenvalue weighted by Crippen LogP contribution is 2.17. The molecule has 240 valence electrons. The molecule has 0 unspecified atom stereocenters. The first kappa shape index (κ1) is 37.2. The van der Waals surface area contributed by atoms with Crippen LogP contribution in [-0.4, -0.2) is 81.8 Å². The molecule has 42 heavy (non-hydrogen) atoms. The Morgan fingerprint density at radius 2 is 1.60 bits per heavy atom. The molecular formula is C28H50N6O7S. The lowest BCUT2D eigenvalue weighted by Crippen LogP contribution is -2.54. The van der Waals surface area contributed by atoms with Gasteiger partial charge < -0.3 is 35.6 Å². The van der Waals surface area contributed by atoms with Gasteiger partial charge in [0, 0.05) is 25.1 Å². The minimum absolute atomic E-state index is 0.0642. The summed E-state index contributed by atoms with van der Waals surface area (Å²) in [6.45, 7) is 15.2. The second kappa shape index (κ2) is 18.6. The molecule has 14 heteroatoms. The second-order valence-corrected chi connectivity index (χ2v) is 12.7. The van der Waals surface area contributed by atoms with Gasteiger partial charge >= 0.3 is 6.09 Å². The summed E-state index contributed by atoms with van der Waals surface area (Å²) in [6, 6.07) is -2.31. The van der Waals surface area contributed by atoms with Gasteiger partial charge in [0.05, 0.1) is 12.1 Å². The van der Waals surface area contributed by atoms with Crippen molar-refractivity contribution in [3.05, 3.63) is 11.7 Å². The summed E-state index contributed by atoms with van der Waals surface area (Å²) in [4.78, 5) is 55.2. The van der Waals surface area contributed by atoms with E-state index in [1.54, 1.807) is 20.1 Å². The van der Waals surface area contributed by atoms with Crippen LogP contribution in [0.3, 0.4) is 0 Å². The molecule has 1 heterocycles. The van der Waals surface area contributed by atoms with E-state index < -0.39 is 42.1 Å². The molecule has 0 aromatic carbocycles. The minimum atomic E-state index is -1.05. The van der Waals surface area contributed by atoms with E-state index in [1.165, 1.54) is 11.8 Å². The predicted molar refractivity (Wildman–Crippen MR) is 160 cm³/mol. The zero-order valence-electron chi connectivity index (χ0n) is 26.4. The highest BCUT2D eigenvalue weighted by atomic mass is 32.2. The summed E-state index contributed by atoms with van der Waals surface area (Å²) in [7, 11) is 0. The van der Waals surface area contributed by atoms with Crippen LogP contribution in [0.2, 0.25) is 0 Å². The number of nitrogens with zero attached hydrogens (tertiary/aromatic N) is 2. The fraction of sp³-hybridized carbons (Fsp3) is 0.786. The van der Waals surface area contributed by atoms with Gasteiger partial charge in [-0.2, -0.15) is 16.7 Å². The summed E-state index contributed by atoms with van der Waals surface area (Å²) >= 11 is 1.36. The quantitative estimate of drug-likeness (QED) is 0.164. The van der Waals surface area contributed by atoms with Crippen molar-refractivity contribution in [3.63, 3.8) is 0 Å². The van der Waals surface area contributed by atoms with Crippen molar-refractivity contribution in [2.45, 2.75) is 99.1 Å². The van der Waals surface area contributed by atoms with E-state index in [0.29, 0.717) is 18.9 Å². The van der Waals surface area contributed by atoms with Gasteiger partial charge in [0.15, 0.2) is 6.61 Å². The maximum absolute atomic E-state index is 13.2. The SMILES string of the molecule is CSC[C@H](NC(=O)OCc1noc(C)n1)C(=O)N[C@@H](CC(C)C)[C@@H](O)C[C@@H](C)C(=O)N[C@H](C(=O)NCC(C)C)C(C)C. The third-order valence-corrected chi connectivity index (χ3v) is 7.00. The van der Waals surface area contributed by atoms with Crippen LogP contribution in [0.15, 0.2) is 4.52 Å². The average molecular weight is 615 g/mol. The highest BCUT2D eigenvalue weighted by molar-refractivity contribution is 7.98. The molecule has 1 rings (SSSR count). The number of thioether (sulfide) groups is 1. The number of ether oxygens (including phenoxy) is 1. The number of aliphatic hydroxyl groups excluding tert-OH is 1. The van der Waals surface area contributed by atoms with Crippen molar-refractivity contribution in [1.82, 2.24) is 31.4 Å². The van der Waals surface area contributed by atoms with Crippen LogP contribution >= 0.6 is 11.8 Å². The first-order chi connectivity index (χ1) is 19.6. The van der Waals surface area contributed by atoms with Crippen LogP contribution in [0.4, 0.5) is 4.79 Å². The molecule has 13 nitrogen and oxygen atoms in total. The summed E-state index contributed by atoms with van der Waals surface area (Å²) in [5.74, 6) is -0.654. The van der Waals surface area contributed by atoms with Crippen LogP contribution in [0.1, 0.15) is 73.0 Å². The minimum Gasteiger partial charge on any atom is -0.441 e. The molecule has 5 N–H and O–H groups in total. The van der Waals surface area contributed by atoms with Gasteiger partial charge in [0.1, 0.15) is 12.1 Å². The Morgan fingerprint density at radius 3 is 2.12 bits per heavy atom. The van der Waals surface area contributed by atoms with Crippen molar-refractivity contribution < 1.29 is 33.5 Å². The van der Waals surface area contributed by atoms with E-state index in [4.69, 9.17) is 9.26 Å². The standard InChI is InChI=1S/C28H50N6O7S/c1-15(2)10-20(22(35)11-18(7)25(36)33-24(17(5)6)27(38)29-12-16(3)4)31-26(37)21(14-42-9)32-28(39)40-13-23-30-19(8)41-34-23/h15-18,20-22,24,35H,10-14H2,1-9H3,(H,29,38)(H,31,37)(H,32,39)(H,33,36)/t18-,20+,21+,22+,24+/m1/s1. The van der Waals surface area contributed by atoms with Crippen molar-refractivity contribution in [1.29, 1.82) is 0 Å². The number of carbonyl (C=O) groups is 4. The Kier molecular flexibility index (Phi) is 16.5. The monoisotopic (exact) mass is 614 g/mol. The number of carbonyl (C=O) groups excluding carboxylic acids is 4. The Labute approximate surface area is 253 Å². The second-order valence-electron chi connectivity index (χ2n) is 11.8. The zero-order valence-corrected chi connectivity index (χ0v) is 27.2. The molecule has 0 aliphatic rings. The topological polar surface area (TPSA) is 185 Å². The maximum Gasteiger partial charge on any atom is 0.408 e. The molecule has 0 aliphatic heterocycles. The smallest absolute Gasteiger partial charge is 0.408 e. The summed E-state index contributed by atoms with van der Waals surface area (Å²) in [5, 5.41) is 25.9. The molecule has 0 spiro atoms. The number of aromatic nitrogens is 2. The molecule has 0 aliphatic carbocycles. The molecule has 1 aromatic rings. The van der Waals surface area contributed by atoms with Gasteiger partial charge in [0.25, 0.3) is 0 Å². The molecule has 0 saturated heterocycles. The molecule has 0 saturated carbocycles. The molecule has 0 radical (unpaired) electrons. The molecule has 0 bridgehead atoms. The van der Waals surface area contributed by atoms with E-state index in [9.17, 15) is 24.3 Å². The molecule has 5 atom stereocenters. The fourth-order valence-corrected chi connectivity index (χ4v) is 4.61. The number of aryl methyl sites for hydroxylation is 1. The van der Waals surface area contributed by atoms with Gasteiger partial charge in [0.2, 0.25) is 29.4 Å². The Balaban J connectivity index is 2.83. The lowest BCUT2D eigenvalue weighted by atomic mass is 9.91. The van der Waals surface area contributed by atoms with Crippen molar-refractivity contribution >= 4 is 35.6 Å². The summed E-state index contributed by atoms with van der Waals surface area (Å²) < 4.78 is 9.95. The van der Waals surface area contributed by atoms with Crippen LogP contribution in [0.5, 0.6) is 0 Å². The van der Waals surface area contributed by atoms with Gasteiger partial charge in [-0.05, 0) is 36.9 Å². The van der Waals surface area contributed by atoms with Crippen LogP contribution in [-0.2, 0) is 25.7 Å². The van der Waals surface area contributed by atoms with E-state index in [2.05, 4.69) is 31.4 Å². The largest absolute Gasteiger partial charge is 0.441 e. The third-order valence-electron chi connectivity index (χ3n) is 6.34. The average Bonchev–Trinajstić information content (AvgIpc) is 3.32. The lowest BCUT2D eigenvalue weighted by Gasteiger charge is -2.30. The fourth-order valence-electron chi connectivity index (χ4n) is 4.05. The van der Waals surface area contributed by atoms with Crippen molar-refractivity contribution in [2.24, 2.45) is 23.7 Å². The number of rotatable bonds is 18. The van der Waals surface area contributed by atoms with Gasteiger partial charge in [-0.15, -0.1) is 0 Å². The molecule has 1 aromatic heterocycles. The molecular weight excluding hydrogens is 564 g/mol. The number of hydrogen-bond donors (Lipinski definition) is 5. The summed E-state index contributed by atoms with van der Waals surface area (Å²) in [6.07, 6.45) is 0.433. The predicted octanol–water partition coefficient (Wildman–Crippen LogP) is 2.17. The Bertz CT molecular complexity index is 1000. The van der Waals surface area contributed by atoms with E-state index in [1.807, 2.05) is 41.5 Å². The first-order valence-electron chi connectivity index (χ1n) is 14.4. The maximum atomic E-state index is 13.2. The normalized spacial score (nSPS) is 15.1. The number of amides is 4. The van der Waals surface area contributed by atoms with Crippen LogP contribution < -0.4 is 21.3 Å². The molecule has 0 fully saturated rings. The number of aliphatic hydroxyl groups is 1. The molecule has 4 amide bonds. The van der Waals surface area contributed by atoms with Crippen molar-refractivity contribution in [2.75, 3.05) is 18.6 Å². The lowest BCUT2D eigenvalue weighted by molar-refractivity contribution is -0.132. The zero-order chi connectivity index (χ0) is 32.0. The van der Waals surface area contributed by atoms with E-state index in [0.717, 1.165) is 0 Å². The number of nitrogens with one attached hydrogen (secondary N) is 4. The van der Waals surface area contributed by atoms with Crippen molar-refractivity contribution in [3.8, 4) is 0 Å². The Morgan fingerprint density at radius 1 is 0.929 bits per heavy atom. The van der Waals surface area contributed by atoms with Gasteiger partial charge in [-0.25, -0.2) is 4.79 Å². The van der Waals surface area contributed by atoms with E-state index >= 15 is 0 Å². The van der Waals surface area contributed by atoms with Gasteiger partial charge in [-0.3, -0.25) is 14.4 Å².